The lowest BCUT2D eigenvalue weighted by molar-refractivity contribution is -0.872. The van der Waals surface area contributed by atoms with E-state index >= 15 is 0 Å². The number of hydrogen-bond donors (Lipinski definition) is 0. The number of esters is 1. The molecular formula is C8H18INO2. The first kappa shape index (κ1) is 14.7. The van der Waals surface area contributed by atoms with Crippen LogP contribution < -0.4 is 24.0 Å². The maximum Gasteiger partial charge on any atom is 0.314 e. The van der Waals surface area contributed by atoms with Crippen LogP contribution in [-0.4, -0.2) is 45.2 Å². The second kappa shape index (κ2) is 5.75. The van der Waals surface area contributed by atoms with Gasteiger partial charge in [-0.3, -0.25) is 4.79 Å². The first-order chi connectivity index (χ1) is 4.87. The highest BCUT2D eigenvalue weighted by Crippen LogP contribution is 2.03. The minimum absolute atomic E-state index is 0. The highest BCUT2D eigenvalue weighted by atomic mass is 127. The fourth-order valence-corrected chi connectivity index (χ4v) is 1.10. The zero-order valence-electron chi connectivity index (χ0n) is 8.43. The molecule has 74 valence electrons. The third-order valence-electron chi connectivity index (χ3n) is 1.43. The Morgan fingerprint density at radius 2 is 1.83 bits per heavy atom. The third-order valence-corrected chi connectivity index (χ3v) is 1.43. The lowest BCUT2D eigenvalue weighted by Gasteiger charge is -2.26. The van der Waals surface area contributed by atoms with E-state index in [9.17, 15) is 4.79 Å². The highest BCUT2D eigenvalue weighted by molar-refractivity contribution is 5.71. The third kappa shape index (κ3) is 6.84. The van der Waals surface area contributed by atoms with E-state index in [0.717, 1.165) is 11.0 Å². The number of halogens is 1. The van der Waals surface area contributed by atoms with Gasteiger partial charge in [-0.05, 0) is 6.92 Å². The van der Waals surface area contributed by atoms with Crippen LogP contribution in [0.3, 0.4) is 0 Å². The van der Waals surface area contributed by atoms with Crippen LogP contribution in [0.2, 0.25) is 0 Å². The molecule has 0 spiro atoms. The summed E-state index contributed by atoms with van der Waals surface area (Å²) in [7, 11) is 7.59. The summed E-state index contributed by atoms with van der Waals surface area (Å²) in [5, 5.41) is 0. The van der Waals surface area contributed by atoms with Gasteiger partial charge in [0, 0.05) is 0 Å². The second-order valence-electron chi connectivity index (χ2n) is 3.90. The molecule has 0 aromatic rings. The fraction of sp³-hybridized carbons (Fsp3) is 0.875. The molecule has 0 aromatic heterocycles. The Kier molecular flexibility index (Phi) is 7.02. The zero-order valence-corrected chi connectivity index (χ0v) is 10.6. The lowest BCUT2D eigenvalue weighted by atomic mass is 10.1. The van der Waals surface area contributed by atoms with E-state index in [1.165, 1.54) is 7.11 Å². The summed E-state index contributed by atoms with van der Waals surface area (Å²) in [5.74, 6) is -0.141. The van der Waals surface area contributed by atoms with Gasteiger partial charge >= 0.3 is 5.97 Å². The molecule has 0 bridgehead atoms. The first-order valence-electron chi connectivity index (χ1n) is 3.75. The van der Waals surface area contributed by atoms with Crippen molar-refractivity contribution in [3.8, 4) is 0 Å². The molecule has 0 radical (unpaired) electrons. The van der Waals surface area contributed by atoms with Crippen molar-refractivity contribution >= 4 is 5.97 Å². The van der Waals surface area contributed by atoms with E-state index in [1.54, 1.807) is 0 Å². The van der Waals surface area contributed by atoms with Crippen LogP contribution in [0.15, 0.2) is 0 Å². The zero-order chi connectivity index (χ0) is 9.07. The summed E-state index contributed by atoms with van der Waals surface area (Å²) < 4.78 is 5.40. The SMILES string of the molecule is COC(=O)C(C)C[N+](C)(C)C.[I-]. The van der Waals surface area contributed by atoms with Crippen LogP contribution >= 0.6 is 0 Å². The number of nitrogens with zero attached hydrogens (tertiary/aromatic N) is 1. The predicted octanol–water partition coefficient (Wildman–Crippen LogP) is -2.49. The molecule has 0 N–H and O–H groups in total. The van der Waals surface area contributed by atoms with Crippen LogP contribution in [0, 0.1) is 5.92 Å². The molecule has 1 atom stereocenters. The Labute approximate surface area is 91.7 Å². The standard InChI is InChI=1S/C8H18NO2.HI/c1-7(8(10)11-5)6-9(2,3)4;/h7H,6H2,1-5H3;1H/q+1;/p-1. The number of ether oxygens (including phenoxy) is 1. The Morgan fingerprint density at radius 3 is 2.08 bits per heavy atom. The Bertz CT molecular complexity index is 142. The average Bonchev–Trinajstić information content (AvgIpc) is 1.82. The smallest absolute Gasteiger partial charge is 0.314 e. The Morgan fingerprint density at radius 1 is 1.42 bits per heavy atom. The molecule has 0 aromatic carbocycles. The van der Waals surface area contributed by atoms with Gasteiger partial charge in [0.15, 0.2) is 0 Å². The molecule has 0 rings (SSSR count). The van der Waals surface area contributed by atoms with Gasteiger partial charge in [-0.1, -0.05) is 0 Å². The number of carbonyl (C=O) groups excluding carboxylic acids is 1. The van der Waals surface area contributed by atoms with Gasteiger partial charge in [0.05, 0.1) is 34.8 Å². The number of methoxy groups -OCH3 is 1. The van der Waals surface area contributed by atoms with Crippen molar-refractivity contribution < 1.29 is 38.0 Å². The van der Waals surface area contributed by atoms with E-state index < -0.39 is 0 Å². The van der Waals surface area contributed by atoms with Crippen LogP contribution in [0.5, 0.6) is 0 Å². The van der Waals surface area contributed by atoms with E-state index in [2.05, 4.69) is 25.9 Å². The van der Waals surface area contributed by atoms with Gasteiger partial charge in [0.2, 0.25) is 0 Å². The van der Waals surface area contributed by atoms with Crippen molar-refractivity contribution in [1.82, 2.24) is 0 Å². The van der Waals surface area contributed by atoms with Gasteiger partial charge < -0.3 is 33.2 Å². The molecule has 0 fully saturated rings. The predicted molar refractivity (Wildman–Crippen MR) is 44.1 cm³/mol. The lowest BCUT2D eigenvalue weighted by Crippen LogP contribution is -3.00. The Hall–Kier alpha value is 0.160. The molecule has 0 amide bonds. The Balaban J connectivity index is 0. The summed E-state index contributed by atoms with van der Waals surface area (Å²) in [6.45, 7) is 2.70. The molecule has 0 saturated heterocycles. The molecule has 4 heteroatoms. The van der Waals surface area contributed by atoms with E-state index in [4.69, 9.17) is 0 Å². The molecule has 0 saturated carbocycles. The minimum atomic E-state index is -0.127. The maximum atomic E-state index is 11.0. The van der Waals surface area contributed by atoms with Crippen LogP contribution in [0.25, 0.3) is 0 Å². The molecule has 0 aliphatic carbocycles. The van der Waals surface area contributed by atoms with Gasteiger partial charge in [0.1, 0.15) is 5.92 Å². The van der Waals surface area contributed by atoms with Crippen molar-refractivity contribution in [2.45, 2.75) is 6.92 Å². The quantitative estimate of drug-likeness (QED) is 0.326. The molecular weight excluding hydrogens is 269 g/mol. The van der Waals surface area contributed by atoms with Crippen LogP contribution in [0.1, 0.15) is 6.92 Å². The molecule has 12 heavy (non-hydrogen) atoms. The van der Waals surface area contributed by atoms with Crippen molar-refractivity contribution in [3.05, 3.63) is 0 Å². The van der Waals surface area contributed by atoms with E-state index in [0.29, 0.717) is 0 Å². The van der Waals surface area contributed by atoms with Gasteiger partial charge in [-0.15, -0.1) is 0 Å². The molecule has 3 nitrogen and oxygen atoms in total. The van der Waals surface area contributed by atoms with Crippen molar-refractivity contribution in [1.29, 1.82) is 0 Å². The highest BCUT2D eigenvalue weighted by Gasteiger charge is 2.20. The maximum absolute atomic E-state index is 11.0. The summed E-state index contributed by atoms with van der Waals surface area (Å²) in [6.07, 6.45) is 0. The van der Waals surface area contributed by atoms with Crippen molar-refractivity contribution in [2.24, 2.45) is 5.92 Å². The summed E-state index contributed by atoms with van der Waals surface area (Å²) in [6, 6.07) is 0. The first-order valence-corrected chi connectivity index (χ1v) is 3.75. The van der Waals surface area contributed by atoms with Gasteiger partial charge in [-0.25, -0.2) is 0 Å². The topological polar surface area (TPSA) is 26.3 Å². The van der Waals surface area contributed by atoms with Crippen molar-refractivity contribution in [2.75, 3.05) is 34.8 Å². The van der Waals surface area contributed by atoms with Gasteiger partial charge in [-0.2, -0.15) is 0 Å². The van der Waals surface area contributed by atoms with E-state index in [1.807, 2.05) is 6.92 Å². The largest absolute Gasteiger partial charge is 1.00 e. The molecule has 0 heterocycles. The molecule has 0 aliphatic rings. The molecule has 1 unspecified atom stereocenters. The van der Waals surface area contributed by atoms with Crippen LogP contribution in [0.4, 0.5) is 0 Å². The summed E-state index contributed by atoms with van der Waals surface area (Å²) in [5.41, 5.74) is 0. The number of carbonyl (C=O) groups is 1. The molecule has 0 aliphatic heterocycles. The summed E-state index contributed by atoms with van der Waals surface area (Å²) in [4.78, 5) is 11.0. The van der Waals surface area contributed by atoms with Crippen molar-refractivity contribution in [3.63, 3.8) is 0 Å². The van der Waals surface area contributed by atoms with E-state index in [-0.39, 0.29) is 35.9 Å². The minimum Gasteiger partial charge on any atom is -1.00 e. The fourth-order valence-electron chi connectivity index (χ4n) is 1.10. The van der Waals surface area contributed by atoms with Gasteiger partial charge in [0.25, 0.3) is 0 Å². The monoisotopic (exact) mass is 287 g/mol. The summed E-state index contributed by atoms with van der Waals surface area (Å²) >= 11 is 0. The normalized spacial score (nSPS) is 13.1. The number of rotatable bonds is 3. The van der Waals surface area contributed by atoms with Crippen LogP contribution in [-0.2, 0) is 9.53 Å². The average molecular weight is 287 g/mol. The number of quaternary nitrogens is 1. The number of hydrogen-bond acceptors (Lipinski definition) is 2. The second-order valence-corrected chi connectivity index (χ2v) is 3.90.